The highest BCUT2D eigenvalue weighted by Gasteiger charge is 2.21. The molecule has 4 rings (SSSR count). The van der Waals surface area contributed by atoms with Gasteiger partial charge in [-0.15, -0.1) is 0 Å². The zero-order valence-corrected chi connectivity index (χ0v) is 17.4. The maximum absolute atomic E-state index is 12.9. The number of nitrogens with zero attached hydrogens (tertiary/aromatic N) is 2. The van der Waals surface area contributed by atoms with Crippen LogP contribution in [0.15, 0.2) is 60.9 Å². The summed E-state index contributed by atoms with van der Waals surface area (Å²) in [5.74, 6) is 1.63. The van der Waals surface area contributed by atoms with E-state index in [1.807, 2.05) is 59.4 Å². The molecule has 6 nitrogen and oxygen atoms in total. The Labute approximate surface area is 176 Å². The molecule has 6 heteroatoms. The summed E-state index contributed by atoms with van der Waals surface area (Å²) in [6, 6.07) is 15.3. The molecule has 0 radical (unpaired) electrons. The number of hydrogen-bond acceptors (Lipinski definition) is 4. The summed E-state index contributed by atoms with van der Waals surface area (Å²) in [6.45, 7) is 6.18. The number of amides is 1. The van der Waals surface area contributed by atoms with Crippen LogP contribution < -0.4 is 14.8 Å². The molecule has 1 aromatic heterocycles. The minimum atomic E-state index is -0.126. The van der Waals surface area contributed by atoms with Gasteiger partial charge in [-0.05, 0) is 47.4 Å². The normalized spacial score (nSPS) is 14.2. The van der Waals surface area contributed by atoms with E-state index in [0.29, 0.717) is 25.3 Å². The van der Waals surface area contributed by atoms with Crippen LogP contribution in [0.3, 0.4) is 0 Å². The second-order valence-electron chi connectivity index (χ2n) is 7.85. The molecule has 1 amide bonds. The van der Waals surface area contributed by atoms with E-state index in [9.17, 15) is 4.79 Å². The fourth-order valence-electron chi connectivity index (χ4n) is 3.58. The zero-order valence-electron chi connectivity index (χ0n) is 17.4. The maximum Gasteiger partial charge on any atom is 0.251 e. The largest absolute Gasteiger partial charge is 0.490 e. The van der Waals surface area contributed by atoms with Crippen molar-refractivity contribution < 1.29 is 14.3 Å². The van der Waals surface area contributed by atoms with E-state index in [1.165, 1.54) is 0 Å². The van der Waals surface area contributed by atoms with Crippen molar-refractivity contribution >= 4 is 5.91 Å². The molecule has 30 heavy (non-hydrogen) atoms. The SMILES string of the molecule is CC(C)[C@H](NC(=O)c1ccc(Cn2cccn2)cc1)c1ccc2c(c1)OCCCO2. The van der Waals surface area contributed by atoms with Gasteiger partial charge in [-0.3, -0.25) is 9.48 Å². The highest BCUT2D eigenvalue weighted by molar-refractivity contribution is 5.94. The van der Waals surface area contributed by atoms with Crippen LogP contribution in [0.25, 0.3) is 0 Å². The van der Waals surface area contributed by atoms with Gasteiger partial charge in [-0.2, -0.15) is 5.10 Å². The molecular weight excluding hydrogens is 378 g/mol. The van der Waals surface area contributed by atoms with E-state index < -0.39 is 0 Å². The first kappa shape index (κ1) is 20.0. The molecule has 1 N–H and O–H groups in total. The second-order valence-corrected chi connectivity index (χ2v) is 7.85. The molecule has 0 saturated carbocycles. The predicted octanol–water partition coefficient (Wildman–Crippen LogP) is 4.22. The van der Waals surface area contributed by atoms with E-state index in [-0.39, 0.29) is 17.9 Å². The van der Waals surface area contributed by atoms with E-state index in [0.717, 1.165) is 29.0 Å². The fraction of sp³-hybridized carbons (Fsp3) is 0.333. The number of benzene rings is 2. The number of aromatic nitrogens is 2. The molecule has 0 fully saturated rings. The summed E-state index contributed by atoms with van der Waals surface area (Å²) in [4.78, 5) is 12.9. The van der Waals surface area contributed by atoms with Gasteiger partial charge in [0.05, 0.1) is 25.8 Å². The molecule has 0 spiro atoms. The van der Waals surface area contributed by atoms with Crippen molar-refractivity contribution in [3.05, 3.63) is 77.6 Å². The Morgan fingerprint density at radius 3 is 2.57 bits per heavy atom. The first-order valence-corrected chi connectivity index (χ1v) is 10.4. The van der Waals surface area contributed by atoms with Crippen LogP contribution in [-0.4, -0.2) is 28.9 Å². The quantitative estimate of drug-likeness (QED) is 0.667. The summed E-state index contributed by atoms with van der Waals surface area (Å²) in [5, 5.41) is 7.40. The molecule has 1 atom stereocenters. The molecule has 3 aromatic rings. The van der Waals surface area contributed by atoms with Crippen molar-refractivity contribution in [1.82, 2.24) is 15.1 Å². The zero-order chi connectivity index (χ0) is 20.9. The molecule has 0 saturated heterocycles. The summed E-state index contributed by atoms with van der Waals surface area (Å²) in [5.41, 5.74) is 2.75. The molecule has 156 valence electrons. The van der Waals surface area contributed by atoms with E-state index in [2.05, 4.69) is 24.3 Å². The Morgan fingerprint density at radius 1 is 1.10 bits per heavy atom. The molecule has 1 aliphatic rings. The van der Waals surface area contributed by atoms with E-state index in [4.69, 9.17) is 9.47 Å². The highest BCUT2D eigenvalue weighted by atomic mass is 16.5. The van der Waals surface area contributed by atoms with Crippen molar-refractivity contribution in [3.8, 4) is 11.5 Å². The number of ether oxygens (including phenoxy) is 2. The third kappa shape index (κ3) is 4.64. The van der Waals surface area contributed by atoms with Crippen LogP contribution in [0.5, 0.6) is 11.5 Å². The molecule has 1 aliphatic heterocycles. The fourth-order valence-corrected chi connectivity index (χ4v) is 3.58. The highest BCUT2D eigenvalue weighted by Crippen LogP contribution is 2.34. The molecule has 0 unspecified atom stereocenters. The number of carbonyl (C=O) groups is 1. The van der Waals surface area contributed by atoms with Gasteiger partial charge in [-0.25, -0.2) is 0 Å². The smallest absolute Gasteiger partial charge is 0.251 e. The lowest BCUT2D eigenvalue weighted by molar-refractivity contribution is 0.0925. The Kier molecular flexibility index (Phi) is 6.02. The van der Waals surface area contributed by atoms with Crippen LogP contribution in [0, 0.1) is 5.92 Å². The summed E-state index contributed by atoms with van der Waals surface area (Å²) in [6.07, 6.45) is 4.54. The topological polar surface area (TPSA) is 65.4 Å². The Balaban J connectivity index is 1.48. The second kappa shape index (κ2) is 9.03. The minimum Gasteiger partial charge on any atom is -0.490 e. The van der Waals surface area contributed by atoms with Gasteiger partial charge < -0.3 is 14.8 Å². The maximum atomic E-state index is 12.9. The van der Waals surface area contributed by atoms with Crippen LogP contribution in [0.4, 0.5) is 0 Å². The van der Waals surface area contributed by atoms with Gasteiger partial charge in [-0.1, -0.05) is 32.0 Å². The number of hydrogen-bond donors (Lipinski definition) is 1. The minimum absolute atomic E-state index is 0.0912. The Hall–Kier alpha value is -3.28. The van der Waals surface area contributed by atoms with Gasteiger partial charge in [0.25, 0.3) is 5.91 Å². The van der Waals surface area contributed by atoms with Crippen LogP contribution in [-0.2, 0) is 6.54 Å². The molecule has 0 bridgehead atoms. The van der Waals surface area contributed by atoms with Crippen molar-refractivity contribution in [1.29, 1.82) is 0 Å². The summed E-state index contributed by atoms with van der Waals surface area (Å²) in [7, 11) is 0. The summed E-state index contributed by atoms with van der Waals surface area (Å²) >= 11 is 0. The van der Waals surface area contributed by atoms with Crippen molar-refractivity contribution in [2.45, 2.75) is 32.9 Å². The lowest BCUT2D eigenvalue weighted by Gasteiger charge is -2.24. The molecule has 0 aliphatic carbocycles. The van der Waals surface area contributed by atoms with Crippen LogP contribution in [0.2, 0.25) is 0 Å². The molecule has 2 heterocycles. The van der Waals surface area contributed by atoms with Gasteiger partial charge in [0.2, 0.25) is 0 Å². The third-order valence-electron chi connectivity index (χ3n) is 5.20. The third-order valence-corrected chi connectivity index (χ3v) is 5.20. The first-order valence-electron chi connectivity index (χ1n) is 10.4. The van der Waals surface area contributed by atoms with Gasteiger partial charge in [0.15, 0.2) is 11.5 Å². The predicted molar refractivity (Wildman–Crippen MR) is 115 cm³/mol. The lowest BCUT2D eigenvalue weighted by atomic mass is 9.95. The van der Waals surface area contributed by atoms with Gasteiger partial charge in [0, 0.05) is 24.4 Å². The standard InChI is InChI=1S/C24H27N3O3/c1-17(2)23(20-9-10-21-22(15-20)30-14-4-13-29-21)26-24(28)19-7-5-18(6-8-19)16-27-12-3-11-25-27/h3,5-12,15,17,23H,4,13-14,16H2,1-2H3,(H,26,28)/t23-/m0/s1. The van der Waals surface area contributed by atoms with Gasteiger partial charge >= 0.3 is 0 Å². The first-order chi connectivity index (χ1) is 14.6. The molecular formula is C24H27N3O3. The monoisotopic (exact) mass is 405 g/mol. The van der Waals surface area contributed by atoms with Crippen LogP contribution in [0.1, 0.15) is 47.8 Å². The number of rotatable bonds is 6. The Morgan fingerprint density at radius 2 is 1.87 bits per heavy atom. The van der Waals surface area contributed by atoms with E-state index >= 15 is 0 Å². The lowest BCUT2D eigenvalue weighted by Crippen LogP contribution is -2.31. The average Bonchev–Trinajstić information content (AvgIpc) is 3.14. The van der Waals surface area contributed by atoms with Crippen molar-refractivity contribution in [2.24, 2.45) is 5.92 Å². The average molecular weight is 405 g/mol. The van der Waals surface area contributed by atoms with Crippen LogP contribution >= 0.6 is 0 Å². The Bertz CT molecular complexity index is 981. The van der Waals surface area contributed by atoms with Crippen molar-refractivity contribution in [2.75, 3.05) is 13.2 Å². The number of nitrogens with one attached hydrogen (secondary N) is 1. The van der Waals surface area contributed by atoms with E-state index in [1.54, 1.807) is 6.20 Å². The number of carbonyl (C=O) groups excluding carboxylic acids is 1. The van der Waals surface area contributed by atoms with Crippen molar-refractivity contribution in [3.63, 3.8) is 0 Å². The number of fused-ring (bicyclic) bond motifs is 1. The molecule has 2 aromatic carbocycles. The summed E-state index contributed by atoms with van der Waals surface area (Å²) < 4.78 is 13.4. The van der Waals surface area contributed by atoms with Gasteiger partial charge in [0.1, 0.15) is 0 Å².